The third-order valence-corrected chi connectivity index (χ3v) is 1.23. The predicted molar refractivity (Wildman–Crippen MR) is 29.6 cm³/mol. The second-order valence-electron chi connectivity index (χ2n) is 1.88. The van der Waals surface area contributed by atoms with E-state index in [1.807, 2.05) is 13.8 Å². The number of hydrogen-bond acceptors (Lipinski definition) is 2. The van der Waals surface area contributed by atoms with Gasteiger partial charge in [0.1, 0.15) is 6.23 Å². The fraction of sp³-hybridized carbons (Fsp3) is 1.00. The number of hydrogen-bond donors (Lipinski definition) is 2. The van der Waals surface area contributed by atoms with Gasteiger partial charge in [0.25, 0.3) is 0 Å². The van der Waals surface area contributed by atoms with Crippen LogP contribution in [0, 0.1) is 5.92 Å². The molecule has 0 aromatic carbocycles. The van der Waals surface area contributed by atoms with E-state index in [-0.39, 0.29) is 5.92 Å². The van der Waals surface area contributed by atoms with Crippen LogP contribution < -0.4 is 5.73 Å². The van der Waals surface area contributed by atoms with Crippen LogP contribution in [0.2, 0.25) is 0 Å². The Bertz CT molecular complexity index is 45.3. The summed E-state index contributed by atoms with van der Waals surface area (Å²) in [6, 6.07) is 0. The molecule has 0 fully saturated rings. The van der Waals surface area contributed by atoms with Crippen LogP contribution in [-0.2, 0) is 0 Å². The molecule has 3 N–H and O–H groups in total. The van der Waals surface area contributed by atoms with Gasteiger partial charge in [0.15, 0.2) is 0 Å². The van der Waals surface area contributed by atoms with Gasteiger partial charge in [0.05, 0.1) is 0 Å². The molecule has 0 rings (SSSR count). The maximum atomic E-state index is 8.60. The molecule has 0 aliphatic heterocycles. The van der Waals surface area contributed by atoms with E-state index in [1.165, 1.54) is 0 Å². The first-order valence-corrected chi connectivity index (χ1v) is 2.62. The Morgan fingerprint density at radius 3 is 2.14 bits per heavy atom. The summed E-state index contributed by atoms with van der Waals surface area (Å²) in [6.07, 6.45) is 0.308. The Morgan fingerprint density at radius 1 is 1.71 bits per heavy atom. The molecule has 0 aromatic heterocycles. The first-order valence-electron chi connectivity index (χ1n) is 2.62. The minimum atomic E-state index is -0.634. The van der Waals surface area contributed by atoms with Gasteiger partial charge in [-0.15, -0.1) is 0 Å². The molecule has 0 saturated heterocycles. The van der Waals surface area contributed by atoms with Gasteiger partial charge >= 0.3 is 0 Å². The SMILES string of the molecule is CC[C@@H](C)[C@H](N)O. The number of rotatable bonds is 2. The quantitative estimate of drug-likeness (QED) is 0.494. The maximum Gasteiger partial charge on any atom is 0.104 e. The summed E-state index contributed by atoms with van der Waals surface area (Å²) in [5, 5.41) is 8.60. The lowest BCUT2D eigenvalue weighted by Gasteiger charge is -2.09. The molecule has 0 radical (unpaired) electrons. The van der Waals surface area contributed by atoms with Gasteiger partial charge in [0, 0.05) is 0 Å². The lowest BCUT2D eigenvalue weighted by atomic mass is 10.1. The highest BCUT2D eigenvalue weighted by Gasteiger charge is 2.03. The van der Waals surface area contributed by atoms with Crippen LogP contribution >= 0.6 is 0 Å². The summed E-state index contributed by atoms with van der Waals surface area (Å²) >= 11 is 0. The minimum Gasteiger partial charge on any atom is -0.379 e. The van der Waals surface area contributed by atoms with E-state index in [0.29, 0.717) is 0 Å². The highest BCUT2D eigenvalue weighted by molar-refractivity contribution is 4.52. The van der Waals surface area contributed by atoms with Crippen LogP contribution in [-0.4, -0.2) is 11.3 Å². The fourth-order valence-corrected chi connectivity index (χ4v) is 0.241. The molecule has 44 valence electrons. The van der Waals surface area contributed by atoms with E-state index >= 15 is 0 Å². The normalized spacial score (nSPS) is 18.9. The van der Waals surface area contributed by atoms with Gasteiger partial charge < -0.3 is 10.8 Å². The van der Waals surface area contributed by atoms with Gasteiger partial charge in [-0.25, -0.2) is 0 Å². The van der Waals surface area contributed by atoms with E-state index in [1.54, 1.807) is 0 Å². The Labute approximate surface area is 44.3 Å². The second-order valence-corrected chi connectivity index (χ2v) is 1.88. The lowest BCUT2D eigenvalue weighted by molar-refractivity contribution is 0.121. The second kappa shape index (κ2) is 2.99. The third kappa shape index (κ3) is 2.60. The molecule has 0 heterocycles. The zero-order chi connectivity index (χ0) is 5.86. The van der Waals surface area contributed by atoms with Crippen molar-refractivity contribution in [1.82, 2.24) is 0 Å². The summed E-state index contributed by atoms with van der Waals surface area (Å²) in [7, 11) is 0. The van der Waals surface area contributed by atoms with Crippen LogP contribution in [0.3, 0.4) is 0 Å². The van der Waals surface area contributed by atoms with Crippen molar-refractivity contribution in [2.24, 2.45) is 11.7 Å². The average molecular weight is 103 g/mol. The van der Waals surface area contributed by atoms with Crippen molar-refractivity contribution in [1.29, 1.82) is 0 Å². The molecule has 0 aromatic rings. The Hall–Kier alpha value is -0.0800. The Morgan fingerprint density at radius 2 is 2.14 bits per heavy atom. The van der Waals surface area contributed by atoms with E-state index < -0.39 is 6.23 Å². The van der Waals surface area contributed by atoms with E-state index in [0.717, 1.165) is 6.42 Å². The van der Waals surface area contributed by atoms with E-state index in [2.05, 4.69) is 0 Å². The van der Waals surface area contributed by atoms with Crippen molar-refractivity contribution in [2.45, 2.75) is 26.5 Å². The largest absolute Gasteiger partial charge is 0.379 e. The predicted octanol–water partition coefficient (Wildman–Crippen LogP) is 0.310. The Balaban J connectivity index is 3.14. The highest BCUT2D eigenvalue weighted by Crippen LogP contribution is 2.00. The molecule has 2 nitrogen and oxygen atoms in total. The third-order valence-electron chi connectivity index (χ3n) is 1.23. The monoisotopic (exact) mass is 103 g/mol. The first kappa shape index (κ1) is 6.92. The lowest BCUT2D eigenvalue weighted by Crippen LogP contribution is -2.26. The van der Waals surface area contributed by atoms with Crippen LogP contribution in [0.25, 0.3) is 0 Å². The molecule has 2 atom stereocenters. The van der Waals surface area contributed by atoms with Crippen molar-refractivity contribution in [3.05, 3.63) is 0 Å². The molecule has 0 aliphatic rings. The first-order chi connectivity index (χ1) is 3.18. The standard InChI is InChI=1S/C5H13NO/c1-3-4(2)5(6)7/h4-5,7H,3,6H2,1-2H3/t4-,5-/m1/s1. The minimum absolute atomic E-state index is 0.236. The summed E-state index contributed by atoms with van der Waals surface area (Å²) in [4.78, 5) is 0. The van der Waals surface area contributed by atoms with Gasteiger partial charge in [-0.1, -0.05) is 13.8 Å². The van der Waals surface area contributed by atoms with Crippen molar-refractivity contribution in [2.75, 3.05) is 0 Å². The van der Waals surface area contributed by atoms with Crippen LogP contribution in [0.1, 0.15) is 20.3 Å². The molecular weight excluding hydrogens is 90.1 g/mol. The van der Waals surface area contributed by atoms with Crippen LogP contribution in [0.4, 0.5) is 0 Å². The summed E-state index contributed by atoms with van der Waals surface area (Å²) in [6.45, 7) is 3.92. The number of aliphatic hydroxyl groups excluding tert-OH is 1. The van der Waals surface area contributed by atoms with Crippen molar-refractivity contribution in [3.63, 3.8) is 0 Å². The number of nitrogens with two attached hydrogens (primary N) is 1. The molecule has 0 bridgehead atoms. The maximum absolute atomic E-state index is 8.60. The van der Waals surface area contributed by atoms with Crippen LogP contribution in [0.15, 0.2) is 0 Å². The zero-order valence-corrected chi connectivity index (χ0v) is 4.89. The zero-order valence-electron chi connectivity index (χ0n) is 4.89. The van der Waals surface area contributed by atoms with Crippen molar-refractivity contribution in [3.8, 4) is 0 Å². The van der Waals surface area contributed by atoms with Gasteiger partial charge in [-0.2, -0.15) is 0 Å². The molecule has 0 saturated carbocycles. The van der Waals surface area contributed by atoms with E-state index in [9.17, 15) is 0 Å². The average Bonchev–Trinajstić information content (AvgIpc) is 1.65. The highest BCUT2D eigenvalue weighted by atomic mass is 16.3. The smallest absolute Gasteiger partial charge is 0.104 e. The molecule has 0 unspecified atom stereocenters. The Kier molecular flexibility index (Phi) is 2.96. The van der Waals surface area contributed by atoms with Gasteiger partial charge in [0.2, 0.25) is 0 Å². The van der Waals surface area contributed by atoms with Crippen LogP contribution in [0.5, 0.6) is 0 Å². The summed E-state index contributed by atoms with van der Waals surface area (Å²) in [5.74, 6) is 0.236. The van der Waals surface area contributed by atoms with Crippen molar-refractivity contribution >= 4 is 0 Å². The van der Waals surface area contributed by atoms with Gasteiger partial charge in [-0.3, -0.25) is 0 Å². The molecule has 0 aliphatic carbocycles. The molecule has 0 spiro atoms. The molecule has 2 heteroatoms. The topological polar surface area (TPSA) is 46.2 Å². The van der Waals surface area contributed by atoms with E-state index in [4.69, 9.17) is 10.8 Å². The number of aliphatic hydroxyl groups is 1. The fourth-order valence-electron chi connectivity index (χ4n) is 0.241. The molecule has 0 amide bonds. The summed E-state index contributed by atoms with van der Waals surface area (Å²) < 4.78 is 0. The molecule has 7 heavy (non-hydrogen) atoms. The molecular formula is C5H13NO. The van der Waals surface area contributed by atoms with Crippen molar-refractivity contribution < 1.29 is 5.11 Å². The van der Waals surface area contributed by atoms with Gasteiger partial charge in [-0.05, 0) is 12.3 Å². The summed E-state index contributed by atoms with van der Waals surface area (Å²) in [5.41, 5.74) is 5.10.